The van der Waals surface area contributed by atoms with Gasteiger partial charge in [-0.05, 0) is 18.2 Å². The molecule has 0 aliphatic carbocycles. The second-order valence-electron chi connectivity index (χ2n) is 4.15. The Hall–Kier alpha value is -1.07. The van der Waals surface area contributed by atoms with Crippen molar-refractivity contribution in [3.05, 3.63) is 22.7 Å². The molecule has 2 heterocycles. The number of rotatable bonds is 0. The van der Waals surface area contributed by atoms with Crippen molar-refractivity contribution in [1.29, 1.82) is 0 Å². The van der Waals surface area contributed by atoms with E-state index in [9.17, 15) is 4.79 Å². The standard InChI is InChI=1S/C11H11BrN2O2/c12-7-1-2-8-9(5-7)14-11(10(15)13-8)3-4-16-6-11/h1-2,5,14H,3-4,6H2,(H,13,15). The second-order valence-corrected chi connectivity index (χ2v) is 5.07. The molecule has 2 aliphatic rings. The first-order chi connectivity index (χ1) is 7.70. The predicted octanol–water partition coefficient (Wildman–Crippen LogP) is 1.97. The molecule has 1 saturated heterocycles. The largest absolute Gasteiger partial charge is 0.378 e. The van der Waals surface area contributed by atoms with E-state index >= 15 is 0 Å². The molecule has 0 bridgehead atoms. The number of nitrogens with one attached hydrogen (secondary N) is 2. The van der Waals surface area contributed by atoms with E-state index in [1.807, 2.05) is 18.2 Å². The van der Waals surface area contributed by atoms with Crippen LogP contribution in [0.5, 0.6) is 0 Å². The Morgan fingerprint density at radius 2 is 2.25 bits per heavy atom. The number of amides is 1. The minimum Gasteiger partial charge on any atom is -0.378 e. The van der Waals surface area contributed by atoms with Crippen molar-refractivity contribution < 1.29 is 9.53 Å². The van der Waals surface area contributed by atoms with Crippen LogP contribution in [-0.4, -0.2) is 24.7 Å². The molecule has 1 fully saturated rings. The van der Waals surface area contributed by atoms with E-state index in [2.05, 4.69) is 26.6 Å². The maximum atomic E-state index is 12.0. The van der Waals surface area contributed by atoms with E-state index in [-0.39, 0.29) is 5.91 Å². The van der Waals surface area contributed by atoms with Crippen LogP contribution in [0.3, 0.4) is 0 Å². The first kappa shape index (κ1) is 10.1. The molecule has 0 aromatic heterocycles. The molecule has 1 amide bonds. The Morgan fingerprint density at radius 3 is 3.00 bits per heavy atom. The Balaban J connectivity index is 2.02. The molecule has 1 aromatic rings. The van der Waals surface area contributed by atoms with Crippen LogP contribution in [0.15, 0.2) is 22.7 Å². The zero-order chi connectivity index (χ0) is 11.2. The summed E-state index contributed by atoms with van der Waals surface area (Å²) in [5, 5.41) is 6.21. The number of anilines is 2. The lowest BCUT2D eigenvalue weighted by molar-refractivity contribution is -0.120. The highest BCUT2D eigenvalue weighted by Crippen LogP contribution is 2.36. The summed E-state index contributed by atoms with van der Waals surface area (Å²) >= 11 is 3.42. The Morgan fingerprint density at radius 1 is 1.38 bits per heavy atom. The van der Waals surface area contributed by atoms with Gasteiger partial charge >= 0.3 is 0 Å². The summed E-state index contributed by atoms with van der Waals surface area (Å²) in [7, 11) is 0. The quantitative estimate of drug-likeness (QED) is 0.765. The number of carbonyl (C=O) groups excluding carboxylic acids is 1. The number of halogens is 1. The van der Waals surface area contributed by atoms with Gasteiger partial charge in [0.1, 0.15) is 5.54 Å². The zero-order valence-corrected chi connectivity index (χ0v) is 10.1. The van der Waals surface area contributed by atoms with Crippen molar-refractivity contribution in [2.45, 2.75) is 12.0 Å². The number of carbonyl (C=O) groups is 1. The van der Waals surface area contributed by atoms with Crippen LogP contribution in [0.2, 0.25) is 0 Å². The lowest BCUT2D eigenvalue weighted by Crippen LogP contribution is -2.53. The van der Waals surface area contributed by atoms with Gasteiger partial charge in [0.05, 0.1) is 18.0 Å². The first-order valence-electron chi connectivity index (χ1n) is 5.17. The highest BCUT2D eigenvalue weighted by molar-refractivity contribution is 9.10. The molecular weight excluding hydrogens is 272 g/mol. The van der Waals surface area contributed by atoms with Gasteiger partial charge in [0.25, 0.3) is 5.91 Å². The Labute approximate surface area is 101 Å². The van der Waals surface area contributed by atoms with E-state index in [0.717, 1.165) is 15.8 Å². The summed E-state index contributed by atoms with van der Waals surface area (Å²) in [4.78, 5) is 12.0. The van der Waals surface area contributed by atoms with Gasteiger partial charge in [0.15, 0.2) is 0 Å². The van der Waals surface area contributed by atoms with Gasteiger partial charge in [-0.2, -0.15) is 0 Å². The van der Waals surface area contributed by atoms with Crippen molar-refractivity contribution in [1.82, 2.24) is 0 Å². The third-order valence-corrected chi connectivity index (χ3v) is 3.55. The highest BCUT2D eigenvalue weighted by atomic mass is 79.9. The van der Waals surface area contributed by atoms with Crippen molar-refractivity contribution in [3.63, 3.8) is 0 Å². The van der Waals surface area contributed by atoms with Crippen LogP contribution in [-0.2, 0) is 9.53 Å². The van der Waals surface area contributed by atoms with E-state index in [1.165, 1.54) is 0 Å². The van der Waals surface area contributed by atoms with Gasteiger partial charge < -0.3 is 15.4 Å². The van der Waals surface area contributed by atoms with Gasteiger partial charge in [-0.3, -0.25) is 4.79 Å². The van der Waals surface area contributed by atoms with Crippen LogP contribution in [0.25, 0.3) is 0 Å². The smallest absolute Gasteiger partial charge is 0.252 e. The number of ether oxygens (including phenoxy) is 1. The average Bonchev–Trinajstić information content (AvgIpc) is 2.70. The molecular formula is C11H11BrN2O2. The first-order valence-corrected chi connectivity index (χ1v) is 5.96. The van der Waals surface area contributed by atoms with Gasteiger partial charge in [0, 0.05) is 17.5 Å². The monoisotopic (exact) mass is 282 g/mol. The molecule has 1 unspecified atom stereocenters. The summed E-state index contributed by atoms with van der Waals surface area (Å²) in [6.45, 7) is 1.06. The Bertz CT molecular complexity index is 455. The normalized spacial score (nSPS) is 27.4. The van der Waals surface area contributed by atoms with Crippen LogP contribution >= 0.6 is 15.9 Å². The summed E-state index contributed by atoms with van der Waals surface area (Å²) in [6, 6.07) is 5.76. The van der Waals surface area contributed by atoms with E-state index in [4.69, 9.17) is 4.74 Å². The molecule has 84 valence electrons. The van der Waals surface area contributed by atoms with Gasteiger partial charge in [-0.15, -0.1) is 0 Å². The lowest BCUT2D eigenvalue weighted by atomic mass is 9.94. The molecule has 0 radical (unpaired) electrons. The summed E-state index contributed by atoms with van der Waals surface area (Å²) < 4.78 is 6.31. The zero-order valence-electron chi connectivity index (χ0n) is 8.55. The van der Waals surface area contributed by atoms with Crippen molar-refractivity contribution in [2.75, 3.05) is 23.8 Å². The fourth-order valence-corrected chi connectivity index (χ4v) is 2.49. The maximum Gasteiger partial charge on any atom is 0.252 e. The third-order valence-electron chi connectivity index (χ3n) is 3.06. The minimum atomic E-state index is -0.576. The van der Waals surface area contributed by atoms with Crippen molar-refractivity contribution in [2.24, 2.45) is 0 Å². The second kappa shape index (κ2) is 3.46. The lowest BCUT2D eigenvalue weighted by Gasteiger charge is -2.34. The summed E-state index contributed by atoms with van der Waals surface area (Å²) in [6.07, 6.45) is 0.713. The molecule has 5 heteroatoms. The molecule has 0 saturated carbocycles. The number of hydrogen-bond acceptors (Lipinski definition) is 3. The molecule has 1 atom stereocenters. The SMILES string of the molecule is O=C1Nc2ccc(Br)cc2NC12CCOC2. The van der Waals surface area contributed by atoms with E-state index in [1.54, 1.807) is 0 Å². The highest BCUT2D eigenvalue weighted by Gasteiger charge is 2.45. The predicted molar refractivity (Wildman–Crippen MR) is 64.6 cm³/mol. The molecule has 1 spiro atoms. The van der Waals surface area contributed by atoms with Crippen LogP contribution < -0.4 is 10.6 Å². The molecule has 2 N–H and O–H groups in total. The van der Waals surface area contributed by atoms with E-state index < -0.39 is 5.54 Å². The third kappa shape index (κ3) is 1.43. The van der Waals surface area contributed by atoms with Gasteiger partial charge in [-0.25, -0.2) is 0 Å². The Kier molecular flexibility index (Phi) is 2.19. The molecule has 3 rings (SSSR count). The molecule has 16 heavy (non-hydrogen) atoms. The fourth-order valence-electron chi connectivity index (χ4n) is 2.13. The van der Waals surface area contributed by atoms with Crippen LogP contribution in [0.4, 0.5) is 11.4 Å². The number of fused-ring (bicyclic) bond motifs is 1. The number of benzene rings is 1. The van der Waals surface area contributed by atoms with E-state index in [0.29, 0.717) is 19.6 Å². The van der Waals surface area contributed by atoms with Crippen molar-refractivity contribution >= 4 is 33.2 Å². The maximum absolute atomic E-state index is 12.0. The molecule has 4 nitrogen and oxygen atoms in total. The number of hydrogen-bond donors (Lipinski definition) is 2. The summed E-state index contributed by atoms with van der Waals surface area (Å²) in [5.74, 6) is -0.000164. The minimum absolute atomic E-state index is 0.000164. The summed E-state index contributed by atoms with van der Waals surface area (Å²) in [5.41, 5.74) is 1.19. The van der Waals surface area contributed by atoms with Gasteiger partial charge in [-0.1, -0.05) is 15.9 Å². The molecule has 1 aromatic carbocycles. The van der Waals surface area contributed by atoms with Crippen LogP contribution in [0.1, 0.15) is 6.42 Å². The molecule has 2 aliphatic heterocycles. The van der Waals surface area contributed by atoms with Gasteiger partial charge in [0.2, 0.25) is 0 Å². The van der Waals surface area contributed by atoms with Crippen LogP contribution in [0, 0.1) is 0 Å². The average molecular weight is 283 g/mol. The topological polar surface area (TPSA) is 50.4 Å². The van der Waals surface area contributed by atoms with Crippen molar-refractivity contribution in [3.8, 4) is 0 Å². The fraction of sp³-hybridized carbons (Fsp3) is 0.364.